The number of ether oxygens (including phenoxy) is 4. The molecule has 3 aliphatic heterocycles. The Kier molecular flexibility index (Phi) is 3.67. The van der Waals surface area contributed by atoms with Crippen LogP contribution in [0.1, 0.15) is 18.1 Å². The van der Waals surface area contributed by atoms with Gasteiger partial charge in [0.15, 0.2) is 0 Å². The fraction of sp³-hybridized carbons (Fsp3) is 0.381. The maximum absolute atomic E-state index is 6.26. The van der Waals surface area contributed by atoms with Crippen molar-refractivity contribution in [2.24, 2.45) is 16.1 Å². The molecular weight excluding hydrogens is 344 g/mol. The number of rotatable bonds is 3. The lowest BCUT2D eigenvalue weighted by Gasteiger charge is -2.41. The molecule has 2 aromatic rings. The lowest BCUT2D eigenvalue weighted by atomic mass is 9.80. The van der Waals surface area contributed by atoms with Crippen LogP contribution in [0.25, 0.3) is 0 Å². The Morgan fingerprint density at radius 2 is 1.85 bits per heavy atom. The van der Waals surface area contributed by atoms with Gasteiger partial charge in [0, 0.05) is 11.0 Å². The van der Waals surface area contributed by atoms with Gasteiger partial charge in [-0.25, -0.2) is 0 Å². The minimum Gasteiger partial charge on any atom is -0.492 e. The van der Waals surface area contributed by atoms with Crippen LogP contribution in [-0.2, 0) is 15.0 Å². The molecule has 1 unspecified atom stereocenters. The highest BCUT2D eigenvalue weighted by atomic mass is 16.5. The Labute approximate surface area is 157 Å². The molecule has 1 atom stereocenters. The molecule has 140 valence electrons. The van der Waals surface area contributed by atoms with Crippen molar-refractivity contribution >= 4 is 5.84 Å². The highest BCUT2D eigenvalue weighted by Crippen LogP contribution is 2.53. The highest BCUT2D eigenvalue weighted by Gasteiger charge is 2.47. The third-order valence-corrected chi connectivity index (χ3v) is 5.33. The third-order valence-electron chi connectivity index (χ3n) is 5.33. The first-order valence-corrected chi connectivity index (χ1v) is 9.13. The summed E-state index contributed by atoms with van der Waals surface area (Å²) in [6.07, 6.45) is 0. The monoisotopic (exact) mass is 366 g/mol. The molecule has 0 bridgehead atoms. The molecule has 1 fully saturated rings. The van der Waals surface area contributed by atoms with Gasteiger partial charge in [-0.3, -0.25) is 4.99 Å². The number of benzene rings is 2. The first-order valence-electron chi connectivity index (χ1n) is 9.13. The number of amidine groups is 1. The maximum Gasteiger partial charge on any atom is 0.147 e. The smallest absolute Gasteiger partial charge is 0.147 e. The van der Waals surface area contributed by atoms with E-state index in [0.29, 0.717) is 38.9 Å². The number of fused-ring (bicyclic) bond motifs is 4. The van der Waals surface area contributed by atoms with E-state index in [0.717, 1.165) is 28.4 Å². The van der Waals surface area contributed by atoms with Crippen molar-refractivity contribution in [3.8, 4) is 17.2 Å². The van der Waals surface area contributed by atoms with Crippen LogP contribution >= 0.6 is 0 Å². The zero-order valence-corrected chi connectivity index (χ0v) is 15.2. The second kappa shape index (κ2) is 5.97. The molecule has 1 saturated heterocycles. The van der Waals surface area contributed by atoms with Crippen LogP contribution in [0.2, 0.25) is 0 Å². The Hall–Kier alpha value is -2.57. The quantitative estimate of drug-likeness (QED) is 0.904. The van der Waals surface area contributed by atoms with Crippen LogP contribution in [-0.4, -0.2) is 38.9 Å². The predicted molar refractivity (Wildman–Crippen MR) is 101 cm³/mol. The summed E-state index contributed by atoms with van der Waals surface area (Å²) in [5, 5.41) is 0. The van der Waals surface area contributed by atoms with E-state index in [4.69, 9.17) is 29.7 Å². The first-order chi connectivity index (χ1) is 13.1. The standard InChI is InChI=1S/C21H22N2O4/c1-20(10-25-11-20)12-26-16-7-4-8-17-19(16)21(13-24-9-18(22)23-21)14-5-2-3-6-15(14)27-17/h2-8H,9-13H2,1H3,(H2,22,23). The fourth-order valence-electron chi connectivity index (χ4n) is 3.94. The van der Waals surface area contributed by atoms with Gasteiger partial charge in [-0.05, 0) is 18.2 Å². The van der Waals surface area contributed by atoms with Gasteiger partial charge in [-0.2, -0.15) is 0 Å². The van der Waals surface area contributed by atoms with E-state index < -0.39 is 5.54 Å². The van der Waals surface area contributed by atoms with Crippen molar-refractivity contribution in [1.29, 1.82) is 0 Å². The summed E-state index contributed by atoms with van der Waals surface area (Å²) >= 11 is 0. The van der Waals surface area contributed by atoms with Crippen molar-refractivity contribution in [3.05, 3.63) is 53.6 Å². The minimum absolute atomic E-state index is 0.0364. The predicted octanol–water partition coefficient (Wildman–Crippen LogP) is 2.84. The van der Waals surface area contributed by atoms with Crippen LogP contribution in [0.4, 0.5) is 0 Å². The van der Waals surface area contributed by atoms with E-state index in [1.165, 1.54) is 0 Å². The lowest BCUT2D eigenvalue weighted by molar-refractivity contribution is -0.120. The Morgan fingerprint density at radius 3 is 2.63 bits per heavy atom. The molecule has 5 rings (SSSR count). The molecule has 27 heavy (non-hydrogen) atoms. The molecule has 0 radical (unpaired) electrons. The first kappa shape index (κ1) is 16.6. The van der Waals surface area contributed by atoms with Crippen LogP contribution in [0, 0.1) is 5.41 Å². The number of hydrogen-bond acceptors (Lipinski definition) is 6. The van der Waals surface area contributed by atoms with Crippen LogP contribution in [0.15, 0.2) is 47.5 Å². The topological polar surface area (TPSA) is 75.3 Å². The molecule has 0 aliphatic carbocycles. The summed E-state index contributed by atoms with van der Waals surface area (Å²) in [5.41, 5.74) is 7.19. The van der Waals surface area contributed by atoms with Crippen molar-refractivity contribution < 1.29 is 18.9 Å². The van der Waals surface area contributed by atoms with Crippen molar-refractivity contribution in [3.63, 3.8) is 0 Å². The molecule has 2 N–H and O–H groups in total. The van der Waals surface area contributed by atoms with Crippen LogP contribution in [0.3, 0.4) is 0 Å². The van der Waals surface area contributed by atoms with Crippen molar-refractivity contribution in [2.45, 2.75) is 12.5 Å². The summed E-state index contributed by atoms with van der Waals surface area (Å²) in [6, 6.07) is 13.7. The largest absolute Gasteiger partial charge is 0.492 e. The number of aliphatic imine (C=N–C) groups is 1. The normalized spacial score (nSPS) is 24.9. The summed E-state index contributed by atoms with van der Waals surface area (Å²) in [6.45, 7) is 4.87. The summed E-state index contributed by atoms with van der Waals surface area (Å²) in [4.78, 5) is 4.88. The van der Waals surface area contributed by atoms with Gasteiger partial charge in [-0.15, -0.1) is 0 Å². The van der Waals surface area contributed by atoms with E-state index in [-0.39, 0.29) is 5.41 Å². The Bertz CT molecular complexity index is 922. The van der Waals surface area contributed by atoms with Crippen LogP contribution in [0.5, 0.6) is 17.2 Å². The van der Waals surface area contributed by atoms with Gasteiger partial charge in [0.2, 0.25) is 0 Å². The Balaban J connectivity index is 1.65. The summed E-state index contributed by atoms with van der Waals surface area (Å²) < 4.78 is 23.6. The average Bonchev–Trinajstić information content (AvgIpc) is 2.65. The minimum atomic E-state index is -0.764. The maximum atomic E-state index is 6.26. The van der Waals surface area contributed by atoms with Crippen molar-refractivity contribution in [1.82, 2.24) is 0 Å². The second-order valence-corrected chi connectivity index (χ2v) is 7.78. The SMILES string of the molecule is CC1(COc2cccc3c2C2(COCC(N)=N2)c2ccccc2O3)COC1. The molecular formula is C21H22N2O4. The fourth-order valence-corrected chi connectivity index (χ4v) is 3.94. The molecule has 2 aromatic carbocycles. The van der Waals surface area contributed by atoms with E-state index in [9.17, 15) is 0 Å². The second-order valence-electron chi connectivity index (χ2n) is 7.78. The Morgan fingerprint density at radius 1 is 1.04 bits per heavy atom. The molecule has 3 aliphatic rings. The molecule has 6 heteroatoms. The molecule has 0 aromatic heterocycles. The van der Waals surface area contributed by atoms with E-state index >= 15 is 0 Å². The number of hydrogen-bond donors (Lipinski definition) is 1. The molecule has 0 amide bonds. The summed E-state index contributed by atoms with van der Waals surface area (Å²) in [7, 11) is 0. The van der Waals surface area contributed by atoms with Gasteiger partial charge >= 0.3 is 0 Å². The molecule has 6 nitrogen and oxygen atoms in total. The number of para-hydroxylation sites is 1. The molecule has 1 spiro atoms. The highest BCUT2D eigenvalue weighted by molar-refractivity contribution is 5.84. The van der Waals surface area contributed by atoms with E-state index in [2.05, 4.69) is 6.92 Å². The average molecular weight is 366 g/mol. The molecule has 0 saturated carbocycles. The number of nitrogens with two attached hydrogens (primary N) is 1. The van der Waals surface area contributed by atoms with E-state index in [1.807, 2.05) is 42.5 Å². The third kappa shape index (κ3) is 2.59. The number of nitrogens with zero attached hydrogens (tertiary/aromatic N) is 1. The zero-order valence-electron chi connectivity index (χ0n) is 15.2. The van der Waals surface area contributed by atoms with Gasteiger partial charge in [0.1, 0.15) is 35.2 Å². The zero-order chi connectivity index (χ0) is 18.5. The van der Waals surface area contributed by atoms with Gasteiger partial charge in [0.05, 0.1) is 32.0 Å². The molecule has 3 heterocycles. The van der Waals surface area contributed by atoms with E-state index in [1.54, 1.807) is 0 Å². The van der Waals surface area contributed by atoms with Crippen molar-refractivity contribution in [2.75, 3.05) is 33.0 Å². The van der Waals surface area contributed by atoms with Gasteiger partial charge < -0.3 is 24.7 Å². The van der Waals surface area contributed by atoms with Gasteiger partial charge in [0.25, 0.3) is 0 Å². The summed E-state index contributed by atoms with van der Waals surface area (Å²) in [5.74, 6) is 2.71. The van der Waals surface area contributed by atoms with Crippen LogP contribution < -0.4 is 15.2 Å². The lowest BCUT2D eigenvalue weighted by Crippen LogP contribution is -2.45. The van der Waals surface area contributed by atoms with Gasteiger partial charge in [-0.1, -0.05) is 31.2 Å².